The van der Waals surface area contributed by atoms with Gasteiger partial charge in [0.15, 0.2) is 0 Å². The van der Waals surface area contributed by atoms with Crippen molar-refractivity contribution in [3.63, 3.8) is 0 Å². The number of hydrogen-bond donors (Lipinski definition) is 0. The predicted octanol–water partition coefficient (Wildman–Crippen LogP) is 6.10. The molecule has 118 valence electrons. The van der Waals surface area contributed by atoms with Crippen LogP contribution in [0, 0.1) is 13.8 Å². The molecule has 2 aromatic carbocycles. The summed E-state index contributed by atoms with van der Waals surface area (Å²) in [5.41, 5.74) is 3.90. The van der Waals surface area contributed by atoms with E-state index in [9.17, 15) is 0 Å². The summed E-state index contributed by atoms with van der Waals surface area (Å²) < 4.78 is 11.8. The lowest BCUT2D eigenvalue weighted by molar-refractivity contribution is 0.399. The van der Waals surface area contributed by atoms with E-state index in [0.717, 1.165) is 35.8 Å². The Morgan fingerprint density at radius 3 is 1.91 bits per heavy atom. The topological polar surface area (TPSA) is 18.5 Å². The van der Waals surface area contributed by atoms with E-state index >= 15 is 0 Å². The smallest absolute Gasteiger partial charge is 0.127 e. The summed E-state index contributed by atoms with van der Waals surface area (Å²) in [6.45, 7) is 6.33. The number of benzene rings is 2. The normalized spacial score (nSPS) is 14.0. The average Bonchev–Trinajstić information content (AvgIpc) is 2.55. The molecule has 0 atom stereocenters. The highest BCUT2D eigenvalue weighted by molar-refractivity contribution is 5.39. The quantitative estimate of drug-likeness (QED) is 0.679. The molecule has 3 rings (SSSR count). The summed E-state index contributed by atoms with van der Waals surface area (Å²) in [5, 5.41) is 0. The molecule has 2 nitrogen and oxygen atoms in total. The Kier molecular flexibility index (Phi) is 4.52. The summed E-state index contributed by atoms with van der Waals surface area (Å²) in [6, 6.07) is 13.9. The number of hydrogen-bond acceptors (Lipinski definition) is 2. The first-order chi connectivity index (χ1) is 11.1. The van der Waals surface area contributed by atoms with Crippen LogP contribution in [-0.4, -0.2) is 0 Å². The maximum Gasteiger partial charge on any atom is 0.127 e. The van der Waals surface area contributed by atoms with Gasteiger partial charge in [0.2, 0.25) is 0 Å². The SMILES string of the molecule is CC1=CC=C(Oc2ccc(Oc3ccc(C)c(C)c3)cc2)CC1. The second-order valence-corrected chi connectivity index (χ2v) is 6.07. The molecule has 0 spiro atoms. The lowest BCUT2D eigenvalue weighted by Gasteiger charge is -2.14. The van der Waals surface area contributed by atoms with Crippen LogP contribution in [0.4, 0.5) is 0 Å². The van der Waals surface area contributed by atoms with Crippen molar-refractivity contribution in [1.82, 2.24) is 0 Å². The largest absolute Gasteiger partial charge is 0.462 e. The Bertz CT molecular complexity index is 752. The standard InChI is InChI=1S/C21H22O2/c1-15-4-7-18(8-5-15)22-19-10-12-20(13-11-19)23-21-9-6-16(2)17(3)14-21/h4,6-7,9-14H,5,8H2,1-3H3. The molecular weight excluding hydrogens is 284 g/mol. The van der Waals surface area contributed by atoms with Crippen LogP contribution in [0.5, 0.6) is 17.2 Å². The van der Waals surface area contributed by atoms with Crippen molar-refractivity contribution < 1.29 is 9.47 Å². The Labute approximate surface area is 138 Å². The van der Waals surface area contributed by atoms with Crippen LogP contribution in [0.25, 0.3) is 0 Å². The maximum atomic E-state index is 5.90. The van der Waals surface area contributed by atoms with E-state index in [0.29, 0.717) is 0 Å². The van der Waals surface area contributed by atoms with Gasteiger partial charge in [0.1, 0.15) is 23.0 Å². The molecule has 0 aromatic heterocycles. The molecule has 0 heterocycles. The van der Waals surface area contributed by atoms with Gasteiger partial charge in [-0.1, -0.05) is 17.7 Å². The predicted molar refractivity (Wildman–Crippen MR) is 94.1 cm³/mol. The third-order valence-corrected chi connectivity index (χ3v) is 4.11. The van der Waals surface area contributed by atoms with Crippen LogP contribution in [0.1, 0.15) is 30.9 Å². The van der Waals surface area contributed by atoms with Gasteiger partial charge < -0.3 is 9.47 Å². The van der Waals surface area contributed by atoms with Crippen molar-refractivity contribution in [3.05, 3.63) is 77.1 Å². The number of aryl methyl sites for hydroxylation is 2. The molecule has 2 heteroatoms. The van der Waals surface area contributed by atoms with Crippen LogP contribution in [0.15, 0.2) is 65.9 Å². The van der Waals surface area contributed by atoms with Gasteiger partial charge in [-0.15, -0.1) is 0 Å². The van der Waals surface area contributed by atoms with Crippen LogP contribution in [0.3, 0.4) is 0 Å². The van der Waals surface area contributed by atoms with Crippen molar-refractivity contribution in [1.29, 1.82) is 0 Å². The van der Waals surface area contributed by atoms with Crippen molar-refractivity contribution in [2.75, 3.05) is 0 Å². The van der Waals surface area contributed by atoms with Crippen molar-refractivity contribution in [2.45, 2.75) is 33.6 Å². The molecule has 0 saturated heterocycles. The molecule has 0 radical (unpaired) electrons. The molecule has 0 aliphatic heterocycles. The second kappa shape index (κ2) is 6.74. The van der Waals surface area contributed by atoms with Crippen LogP contribution in [-0.2, 0) is 0 Å². The fourth-order valence-electron chi connectivity index (χ4n) is 2.45. The molecule has 1 aliphatic rings. The summed E-state index contributed by atoms with van der Waals surface area (Å²) in [7, 11) is 0. The lowest BCUT2D eigenvalue weighted by atomic mass is 10.1. The number of ether oxygens (including phenoxy) is 2. The highest BCUT2D eigenvalue weighted by Crippen LogP contribution is 2.27. The van der Waals surface area contributed by atoms with Crippen LogP contribution in [0.2, 0.25) is 0 Å². The van der Waals surface area contributed by atoms with Gasteiger partial charge in [0, 0.05) is 6.42 Å². The van der Waals surface area contributed by atoms with E-state index in [4.69, 9.17) is 9.47 Å². The van der Waals surface area contributed by atoms with Crippen LogP contribution < -0.4 is 9.47 Å². The van der Waals surface area contributed by atoms with E-state index in [-0.39, 0.29) is 0 Å². The number of rotatable bonds is 4. The lowest BCUT2D eigenvalue weighted by Crippen LogP contribution is -1.99. The van der Waals surface area contributed by atoms with Crippen molar-refractivity contribution >= 4 is 0 Å². The first-order valence-electron chi connectivity index (χ1n) is 7.99. The van der Waals surface area contributed by atoms with Crippen LogP contribution >= 0.6 is 0 Å². The van der Waals surface area contributed by atoms with Gasteiger partial charge in [0.05, 0.1) is 0 Å². The molecule has 0 unspecified atom stereocenters. The second-order valence-electron chi connectivity index (χ2n) is 6.07. The monoisotopic (exact) mass is 306 g/mol. The molecule has 1 aliphatic carbocycles. The minimum absolute atomic E-state index is 0.814. The fourth-order valence-corrected chi connectivity index (χ4v) is 2.45. The highest BCUT2D eigenvalue weighted by Gasteiger charge is 2.06. The third-order valence-electron chi connectivity index (χ3n) is 4.11. The molecular formula is C21H22O2. The summed E-state index contributed by atoms with van der Waals surface area (Å²) >= 11 is 0. The van der Waals surface area contributed by atoms with Crippen molar-refractivity contribution in [3.8, 4) is 17.2 Å². The van der Waals surface area contributed by atoms with Gasteiger partial charge in [-0.3, -0.25) is 0 Å². The fraction of sp³-hybridized carbons (Fsp3) is 0.238. The van der Waals surface area contributed by atoms with Crippen molar-refractivity contribution in [2.24, 2.45) is 0 Å². The van der Waals surface area contributed by atoms with E-state index in [2.05, 4.69) is 45.1 Å². The zero-order valence-electron chi connectivity index (χ0n) is 13.9. The molecule has 0 fully saturated rings. The Hall–Kier alpha value is -2.48. The minimum Gasteiger partial charge on any atom is -0.462 e. The third kappa shape index (κ3) is 4.04. The van der Waals surface area contributed by atoms with Gasteiger partial charge >= 0.3 is 0 Å². The first kappa shape index (κ1) is 15.4. The zero-order valence-corrected chi connectivity index (χ0v) is 13.9. The first-order valence-corrected chi connectivity index (χ1v) is 7.99. The van der Waals surface area contributed by atoms with Gasteiger partial charge in [0.25, 0.3) is 0 Å². The minimum atomic E-state index is 0.814. The van der Waals surface area contributed by atoms with E-state index in [1.165, 1.54) is 16.7 Å². The Morgan fingerprint density at radius 1 is 0.652 bits per heavy atom. The summed E-state index contributed by atoms with van der Waals surface area (Å²) in [5.74, 6) is 3.53. The van der Waals surface area contributed by atoms with E-state index in [1.807, 2.05) is 30.3 Å². The molecule has 0 saturated carbocycles. The molecule has 0 bridgehead atoms. The van der Waals surface area contributed by atoms with Gasteiger partial charge in [-0.05, 0) is 80.8 Å². The zero-order chi connectivity index (χ0) is 16.2. The maximum absolute atomic E-state index is 5.90. The summed E-state index contributed by atoms with van der Waals surface area (Å²) in [4.78, 5) is 0. The highest BCUT2D eigenvalue weighted by atomic mass is 16.5. The average molecular weight is 306 g/mol. The molecule has 0 N–H and O–H groups in total. The number of allylic oxidation sites excluding steroid dienone is 4. The molecule has 0 amide bonds. The Balaban J connectivity index is 1.66. The van der Waals surface area contributed by atoms with E-state index in [1.54, 1.807) is 0 Å². The van der Waals surface area contributed by atoms with Gasteiger partial charge in [-0.25, -0.2) is 0 Å². The van der Waals surface area contributed by atoms with E-state index < -0.39 is 0 Å². The summed E-state index contributed by atoms with van der Waals surface area (Å²) in [6.07, 6.45) is 6.21. The molecule has 23 heavy (non-hydrogen) atoms. The van der Waals surface area contributed by atoms with Gasteiger partial charge in [-0.2, -0.15) is 0 Å². The molecule has 2 aromatic rings. The Morgan fingerprint density at radius 2 is 1.30 bits per heavy atom.